The second-order valence-corrected chi connectivity index (χ2v) is 7.44. The summed E-state index contributed by atoms with van der Waals surface area (Å²) in [5.41, 5.74) is 12.6. The summed E-state index contributed by atoms with van der Waals surface area (Å²) in [6, 6.07) is 17.1. The van der Waals surface area contributed by atoms with Gasteiger partial charge in [-0.1, -0.05) is 60.7 Å². The standard InChI is InChI=1S/2C9H11NO2.C6H11NO2.ClH/c2*10-8(9(11)12)6-7-4-2-1-3-5-7;1-9-6(8)5-3-2-4-7-5;/h2*1-5,8H,6,10H2,(H,11,12);5,7H,2-4H2,1H3;1H/t2*8-;5-;/m000./s1. The molecule has 7 N–H and O–H groups in total. The van der Waals surface area contributed by atoms with E-state index in [1.165, 1.54) is 7.11 Å². The number of halogens is 1. The first-order valence-corrected chi connectivity index (χ1v) is 10.6. The van der Waals surface area contributed by atoms with E-state index >= 15 is 0 Å². The van der Waals surface area contributed by atoms with E-state index in [4.69, 9.17) is 21.7 Å². The number of carboxylic acids is 2. The SMILES string of the molecule is COC(=O)[C@@H]1CCCN1.Cl.N[C@@H](Cc1ccccc1)C(=O)O.N[C@@H](Cc1ccccc1)C(=O)O. The molecule has 3 rings (SSSR count). The van der Waals surface area contributed by atoms with E-state index in [1.807, 2.05) is 60.7 Å². The summed E-state index contributed by atoms with van der Waals surface area (Å²) in [5.74, 6) is -2.05. The van der Waals surface area contributed by atoms with Crippen molar-refractivity contribution in [3.63, 3.8) is 0 Å². The fourth-order valence-electron chi connectivity index (χ4n) is 2.94. The van der Waals surface area contributed by atoms with Crippen molar-refractivity contribution in [2.24, 2.45) is 11.5 Å². The van der Waals surface area contributed by atoms with Crippen LogP contribution in [0.15, 0.2) is 60.7 Å². The van der Waals surface area contributed by atoms with Gasteiger partial charge >= 0.3 is 17.9 Å². The van der Waals surface area contributed by atoms with Gasteiger partial charge in [0.25, 0.3) is 0 Å². The molecule has 0 spiro atoms. The molecule has 0 bridgehead atoms. The third-order valence-corrected chi connectivity index (χ3v) is 4.78. The number of carbonyl (C=O) groups excluding carboxylic acids is 1. The van der Waals surface area contributed by atoms with Gasteiger partial charge in [-0.25, -0.2) is 0 Å². The summed E-state index contributed by atoms with van der Waals surface area (Å²) in [5, 5.41) is 20.1. The topological polar surface area (TPSA) is 165 Å². The van der Waals surface area contributed by atoms with Crippen molar-refractivity contribution >= 4 is 30.3 Å². The number of nitrogens with two attached hydrogens (primary N) is 2. The fraction of sp³-hybridized carbons (Fsp3) is 0.375. The quantitative estimate of drug-likeness (QED) is 0.359. The third-order valence-electron chi connectivity index (χ3n) is 4.78. The highest BCUT2D eigenvalue weighted by atomic mass is 35.5. The second-order valence-electron chi connectivity index (χ2n) is 7.44. The Bertz CT molecular complexity index is 791. The summed E-state index contributed by atoms with van der Waals surface area (Å²) in [4.78, 5) is 31.5. The van der Waals surface area contributed by atoms with Crippen LogP contribution in [-0.4, -0.2) is 59.9 Å². The van der Waals surface area contributed by atoms with Gasteiger partial charge in [-0.05, 0) is 43.4 Å². The number of aliphatic carboxylic acids is 2. The first kappa shape index (κ1) is 31.0. The molecule has 1 heterocycles. The summed E-state index contributed by atoms with van der Waals surface area (Å²) >= 11 is 0. The lowest BCUT2D eigenvalue weighted by molar-refractivity contribution is -0.142. The predicted molar refractivity (Wildman–Crippen MR) is 132 cm³/mol. The zero-order valence-corrected chi connectivity index (χ0v) is 19.9. The van der Waals surface area contributed by atoms with E-state index in [9.17, 15) is 14.4 Å². The minimum atomic E-state index is -0.959. The highest BCUT2D eigenvalue weighted by molar-refractivity contribution is 5.85. The number of esters is 1. The number of ether oxygens (including phenoxy) is 1. The zero-order valence-electron chi connectivity index (χ0n) is 19.1. The molecule has 1 aliphatic rings. The minimum Gasteiger partial charge on any atom is -0.480 e. The Morgan fingerprint density at radius 3 is 1.62 bits per heavy atom. The van der Waals surface area contributed by atoms with Gasteiger partial charge in [0.15, 0.2) is 0 Å². The lowest BCUT2D eigenvalue weighted by Gasteiger charge is -2.04. The first-order valence-electron chi connectivity index (χ1n) is 10.6. The molecule has 10 heteroatoms. The summed E-state index contributed by atoms with van der Waals surface area (Å²) in [7, 11) is 1.42. The van der Waals surface area contributed by atoms with Crippen LogP contribution in [0.25, 0.3) is 0 Å². The summed E-state index contributed by atoms with van der Waals surface area (Å²) in [6.45, 7) is 0.944. The average Bonchev–Trinajstić information content (AvgIpc) is 3.36. The van der Waals surface area contributed by atoms with Gasteiger partial charge in [-0.15, -0.1) is 12.4 Å². The molecule has 1 fully saturated rings. The Morgan fingerprint density at radius 1 is 0.912 bits per heavy atom. The summed E-state index contributed by atoms with van der Waals surface area (Å²) < 4.78 is 4.53. The lowest BCUT2D eigenvalue weighted by Crippen LogP contribution is -2.32. The number of carboxylic acid groups (broad SMARTS) is 2. The number of methoxy groups -OCH3 is 1. The van der Waals surface area contributed by atoms with E-state index < -0.39 is 24.0 Å². The first-order chi connectivity index (χ1) is 15.7. The Balaban J connectivity index is 0.000000479. The van der Waals surface area contributed by atoms with E-state index in [-0.39, 0.29) is 24.4 Å². The smallest absolute Gasteiger partial charge is 0.322 e. The molecule has 0 saturated carbocycles. The van der Waals surface area contributed by atoms with Gasteiger partial charge in [0, 0.05) is 0 Å². The molecule has 2 aromatic rings. The maximum Gasteiger partial charge on any atom is 0.322 e. The van der Waals surface area contributed by atoms with Crippen molar-refractivity contribution in [3.8, 4) is 0 Å². The predicted octanol–water partition coefficient (Wildman–Crippen LogP) is 1.62. The van der Waals surface area contributed by atoms with Crippen LogP contribution in [0.2, 0.25) is 0 Å². The van der Waals surface area contributed by atoms with Crippen LogP contribution in [0.1, 0.15) is 24.0 Å². The van der Waals surface area contributed by atoms with Gasteiger partial charge in [-0.2, -0.15) is 0 Å². The molecule has 1 saturated heterocycles. The second kappa shape index (κ2) is 17.5. The number of hydrogen-bond acceptors (Lipinski definition) is 7. The third kappa shape index (κ3) is 12.9. The molecule has 188 valence electrons. The number of benzene rings is 2. The molecule has 3 atom stereocenters. The Hall–Kier alpha value is -2.98. The van der Waals surface area contributed by atoms with Crippen molar-refractivity contribution in [2.75, 3.05) is 13.7 Å². The molecule has 0 aliphatic carbocycles. The number of hydrogen-bond donors (Lipinski definition) is 5. The minimum absolute atomic E-state index is 0. The highest BCUT2D eigenvalue weighted by Gasteiger charge is 2.21. The van der Waals surface area contributed by atoms with Crippen LogP contribution in [0, 0.1) is 0 Å². The molecule has 0 aromatic heterocycles. The average molecular weight is 496 g/mol. The van der Waals surface area contributed by atoms with Crippen LogP contribution in [0.3, 0.4) is 0 Å². The summed E-state index contributed by atoms with van der Waals surface area (Å²) in [6.07, 6.45) is 2.78. The molecule has 0 amide bonds. The monoisotopic (exact) mass is 495 g/mol. The van der Waals surface area contributed by atoms with E-state index in [1.54, 1.807) is 0 Å². The molecule has 2 aromatic carbocycles. The van der Waals surface area contributed by atoms with Crippen LogP contribution >= 0.6 is 12.4 Å². The molecular weight excluding hydrogens is 462 g/mol. The van der Waals surface area contributed by atoms with Crippen molar-refractivity contribution in [3.05, 3.63) is 71.8 Å². The van der Waals surface area contributed by atoms with E-state index in [2.05, 4.69) is 10.1 Å². The van der Waals surface area contributed by atoms with Crippen molar-refractivity contribution < 1.29 is 29.3 Å². The van der Waals surface area contributed by atoms with Gasteiger partial charge in [0.05, 0.1) is 7.11 Å². The number of rotatable bonds is 7. The van der Waals surface area contributed by atoms with Gasteiger partial charge in [0.1, 0.15) is 18.1 Å². The maximum absolute atomic E-state index is 10.7. The molecule has 0 radical (unpaired) electrons. The van der Waals surface area contributed by atoms with Crippen molar-refractivity contribution in [1.29, 1.82) is 0 Å². The van der Waals surface area contributed by atoms with Crippen LogP contribution in [0.5, 0.6) is 0 Å². The normalized spacial score (nSPS) is 15.7. The van der Waals surface area contributed by atoms with Crippen LogP contribution < -0.4 is 16.8 Å². The lowest BCUT2D eigenvalue weighted by atomic mass is 10.1. The van der Waals surface area contributed by atoms with Gasteiger partial charge in [-0.3, -0.25) is 14.4 Å². The van der Waals surface area contributed by atoms with Crippen LogP contribution in [0.4, 0.5) is 0 Å². The van der Waals surface area contributed by atoms with Crippen LogP contribution in [-0.2, 0) is 32.0 Å². The van der Waals surface area contributed by atoms with E-state index in [0.717, 1.165) is 30.5 Å². The fourth-order valence-corrected chi connectivity index (χ4v) is 2.94. The Morgan fingerprint density at radius 2 is 1.32 bits per heavy atom. The Kier molecular flexibility index (Phi) is 16.0. The van der Waals surface area contributed by atoms with Gasteiger partial charge < -0.3 is 31.7 Å². The number of carbonyl (C=O) groups is 3. The molecule has 1 aliphatic heterocycles. The highest BCUT2D eigenvalue weighted by Crippen LogP contribution is 2.05. The molecule has 9 nitrogen and oxygen atoms in total. The molecular formula is C24H34ClN3O6. The zero-order chi connectivity index (χ0) is 24.6. The number of nitrogens with one attached hydrogen (secondary N) is 1. The van der Waals surface area contributed by atoms with Crippen molar-refractivity contribution in [2.45, 2.75) is 43.8 Å². The van der Waals surface area contributed by atoms with E-state index in [0.29, 0.717) is 12.8 Å². The Labute approximate surface area is 205 Å². The molecule has 34 heavy (non-hydrogen) atoms. The largest absolute Gasteiger partial charge is 0.480 e. The maximum atomic E-state index is 10.7. The van der Waals surface area contributed by atoms with Crippen molar-refractivity contribution in [1.82, 2.24) is 5.32 Å². The molecule has 0 unspecified atom stereocenters. The van der Waals surface area contributed by atoms with Gasteiger partial charge in [0.2, 0.25) is 0 Å².